The number of fused-ring (bicyclic) bond motifs is 3. The molecule has 8 N–H and O–H groups in total. The van der Waals surface area contributed by atoms with Gasteiger partial charge in [-0.3, -0.25) is 8.80 Å². The van der Waals surface area contributed by atoms with E-state index >= 15 is 0 Å². The molecule has 0 saturated carbocycles. The van der Waals surface area contributed by atoms with Gasteiger partial charge in [0.1, 0.15) is 5.65 Å². The average molecular weight is 493 g/mol. The van der Waals surface area contributed by atoms with Crippen molar-refractivity contribution in [3.8, 4) is 22.5 Å². The number of hydrogen-bond donors (Lipinski definition) is 4. The first kappa shape index (κ1) is 23.2. The lowest BCUT2D eigenvalue weighted by atomic mass is 10.1. The van der Waals surface area contributed by atoms with Crippen LogP contribution in [0.2, 0.25) is 0 Å². The number of nitrogens with zero attached hydrogens (tertiary/aromatic N) is 8. The lowest BCUT2D eigenvalue weighted by Crippen LogP contribution is -2.21. The SMILES string of the molecule is Cc1ccc(-c2nc3ccn4c(/C=N/N=C(N)N)c(-c5ccccc5)nc4n3c2/C=N/N=C(N)N)cc1. The van der Waals surface area contributed by atoms with Crippen LogP contribution in [0.5, 0.6) is 0 Å². The molecule has 0 atom stereocenters. The van der Waals surface area contributed by atoms with Crippen LogP contribution in [0.15, 0.2) is 87.3 Å². The van der Waals surface area contributed by atoms with Crippen LogP contribution >= 0.6 is 0 Å². The first-order valence-electron chi connectivity index (χ1n) is 11.2. The Kier molecular flexibility index (Phi) is 6.04. The molecule has 0 aliphatic rings. The van der Waals surface area contributed by atoms with Crippen LogP contribution in [0.1, 0.15) is 17.0 Å². The molecule has 12 heteroatoms. The van der Waals surface area contributed by atoms with Crippen LogP contribution in [0, 0.1) is 6.92 Å². The summed E-state index contributed by atoms with van der Waals surface area (Å²) in [4.78, 5) is 9.85. The molecule has 0 bridgehead atoms. The van der Waals surface area contributed by atoms with Gasteiger partial charge in [0.25, 0.3) is 0 Å². The molecule has 12 nitrogen and oxygen atoms in total. The highest BCUT2D eigenvalue weighted by Crippen LogP contribution is 2.28. The Hall–Kier alpha value is -5.52. The molecule has 0 fully saturated rings. The first-order valence-corrected chi connectivity index (χ1v) is 11.2. The summed E-state index contributed by atoms with van der Waals surface area (Å²) in [5, 5.41) is 15.6. The Labute approximate surface area is 211 Å². The van der Waals surface area contributed by atoms with Gasteiger partial charge in [0.2, 0.25) is 17.7 Å². The number of nitrogens with two attached hydrogens (primary N) is 4. The number of hydrogen-bond acceptors (Lipinski definition) is 6. The van der Waals surface area contributed by atoms with E-state index < -0.39 is 0 Å². The van der Waals surface area contributed by atoms with Crippen LogP contribution in [-0.4, -0.2) is 43.1 Å². The summed E-state index contributed by atoms with van der Waals surface area (Å²) in [6.45, 7) is 2.03. The number of aryl methyl sites for hydroxylation is 1. The lowest BCUT2D eigenvalue weighted by molar-refractivity contribution is 1.05. The van der Waals surface area contributed by atoms with Crippen LogP contribution < -0.4 is 22.9 Å². The molecule has 37 heavy (non-hydrogen) atoms. The van der Waals surface area contributed by atoms with E-state index in [0.29, 0.717) is 34.2 Å². The third kappa shape index (κ3) is 4.58. The quantitative estimate of drug-likeness (QED) is 0.159. The van der Waals surface area contributed by atoms with Crippen molar-refractivity contribution < 1.29 is 0 Å². The minimum Gasteiger partial charge on any atom is -0.369 e. The zero-order valence-corrected chi connectivity index (χ0v) is 19.9. The van der Waals surface area contributed by atoms with E-state index in [-0.39, 0.29) is 11.9 Å². The number of guanidine groups is 2. The minimum atomic E-state index is -0.155. The largest absolute Gasteiger partial charge is 0.369 e. The molecule has 3 heterocycles. The Morgan fingerprint density at radius 2 is 1.32 bits per heavy atom. The maximum atomic E-state index is 5.49. The van der Waals surface area contributed by atoms with Gasteiger partial charge in [-0.25, -0.2) is 9.97 Å². The van der Waals surface area contributed by atoms with E-state index in [1.807, 2.05) is 82.6 Å². The van der Waals surface area contributed by atoms with Crippen molar-refractivity contribution in [2.24, 2.45) is 43.3 Å². The molecule has 5 aromatic rings. The van der Waals surface area contributed by atoms with Crippen molar-refractivity contribution in [3.05, 3.63) is 83.8 Å². The average Bonchev–Trinajstić information content (AvgIpc) is 3.43. The van der Waals surface area contributed by atoms with E-state index in [0.717, 1.165) is 16.7 Å². The van der Waals surface area contributed by atoms with E-state index in [4.69, 9.17) is 32.9 Å². The van der Waals surface area contributed by atoms with Crippen LogP contribution in [0.3, 0.4) is 0 Å². The van der Waals surface area contributed by atoms with Crippen molar-refractivity contribution in [3.63, 3.8) is 0 Å². The third-order valence-electron chi connectivity index (χ3n) is 5.52. The summed E-state index contributed by atoms with van der Waals surface area (Å²) in [6.07, 6.45) is 4.97. The fourth-order valence-electron chi connectivity index (χ4n) is 3.93. The molecule has 2 aromatic carbocycles. The van der Waals surface area contributed by atoms with Gasteiger partial charge >= 0.3 is 0 Å². The molecule has 0 amide bonds. The van der Waals surface area contributed by atoms with E-state index in [1.54, 1.807) is 12.4 Å². The van der Waals surface area contributed by atoms with Crippen molar-refractivity contribution in [1.82, 2.24) is 18.8 Å². The van der Waals surface area contributed by atoms with Gasteiger partial charge in [-0.1, -0.05) is 60.2 Å². The molecular formula is C25H24N12. The van der Waals surface area contributed by atoms with Gasteiger partial charge < -0.3 is 22.9 Å². The summed E-state index contributed by atoms with van der Waals surface area (Å²) < 4.78 is 3.75. The smallest absolute Gasteiger partial charge is 0.221 e. The maximum absolute atomic E-state index is 5.49. The van der Waals surface area contributed by atoms with Crippen molar-refractivity contribution in [2.45, 2.75) is 6.92 Å². The second kappa shape index (κ2) is 9.62. The molecule has 184 valence electrons. The monoisotopic (exact) mass is 492 g/mol. The molecule has 0 spiro atoms. The predicted molar refractivity (Wildman–Crippen MR) is 146 cm³/mol. The Morgan fingerprint density at radius 1 is 0.730 bits per heavy atom. The Bertz CT molecular complexity index is 1700. The lowest BCUT2D eigenvalue weighted by Gasteiger charge is -2.03. The number of aromatic nitrogens is 4. The highest BCUT2D eigenvalue weighted by Gasteiger charge is 2.20. The van der Waals surface area contributed by atoms with Gasteiger partial charge in [-0.05, 0) is 13.0 Å². The molecule has 0 saturated heterocycles. The highest BCUT2D eigenvalue weighted by molar-refractivity contribution is 5.93. The van der Waals surface area contributed by atoms with Crippen LogP contribution in [0.4, 0.5) is 0 Å². The van der Waals surface area contributed by atoms with Gasteiger partial charge in [0, 0.05) is 17.3 Å². The molecule has 3 aromatic heterocycles. The van der Waals surface area contributed by atoms with Crippen molar-refractivity contribution >= 4 is 35.8 Å². The Balaban J connectivity index is 1.84. The number of benzene rings is 2. The minimum absolute atomic E-state index is 0.149. The van der Waals surface area contributed by atoms with E-state index in [1.165, 1.54) is 0 Å². The fourth-order valence-corrected chi connectivity index (χ4v) is 3.93. The standard InChI is InChI=1S/C25H24N12/c1-15-7-9-17(10-8-15)22-19(14-31-35-24(28)29)37-20(32-22)11-12-36-18(13-30-34-23(26)27)21(33-25(36)37)16-5-3-2-4-6-16/h2-14H,1H3,(H4,26,27,34)(H4,28,29,35)/b30-13+,31-14+. The summed E-state index contributed by atoms with van der Waals surface area (Å²) in [5.74, 6) is 0.265. The fraction of sp³-hybridized carbons (Fsp3) is 0.0400. The van der Waals surface area contributed by atoms with Gasteiger partial charge in [0.15, 0.2) is 0 Å². The first-order chi connectivity index (χ1) is 17.9. The summed E-state index contributed by atoms with van der Waals surface area (Å²) in [7, 11) is 0. The Morgan fingerprint density at radius 3 is 1.97 bits per heavy atom. The molecule has 5 rings (SSSR count). The summed E-state index contributed by atoms with van der Waals surface area (Å²) in [5.41, 5.74) is 28.2. The van der Waals surface area contributed by atoms with Crippen LogP contribution in [0.25, 0.3) is 33.9 Å². The normalized spacial score (nSPS) is 11.6. The van der Waals surface area contributed by atoms with Crippen molar-refractivity contribution in [2.75, 3.05) is 0 Å². The molecular weight excluding hydrogens is 468 g/mol. The van der Waals surface area contributed by atoms with Gasteiger partial charge in [-0.2, -0.15) is 10.2 Å². The molecule has 0 aliphatic carbocycles. The highest BCUT2D eigenvalue weighted by atomic mass is 15.3. The zero-order valence-electron chi connectivity index (χ0n) is 19.9. The van der Waals surface area contributed by atoms with Gasteiger partial charge in [-0.15, -0.1) is 10.2 Å². The topological polar surface area (TPSA) is 188 Å². The van der Waals surface area contributed by atoms with Crippen molar-refractivity contribution in [1.29, 1.82) is 0 Å². The number of rotatable bonds is 6. The second-order valence-electron chi connectivity index (χ2n) is 8.14. The summed E-state index contributed by atoms with van der Waals surface area (Å²) in [6, 6.07) is 19.6. The van der Waals surface area contributed by atoms with Crippen LogP contribution in [-0.2, 0) is 0 Å². The molecule has 0 unspecified atom stereocenters. The zero-order chi connectivity index (χ0) is 25.9. The molecule has 0 aliphatic heterocycles. The summed E-state index contributed by atoms with van der Waals surface area (Å²) >= 11 is 0. The second-order valence-corrected chi connectivity index (χ2v) is 8.14. The number of imidazole rings is 2. The van der Waals surface area contributed by atoms with E-state index in [9.17, 15) is 0 Å². The van der Waals surface area contributed by atoms with Gasteiger partial charge in [0.05, 0.1) is 35.2 Å². The third-order valence-corrected chi connectivity index (χ3v) is 5.52. The molecule has 0 radical (unpaired) electrons. The van der Waals surface area contributed by atoms with E-state index in [2.05, 4.69) is 20.4 Å². The maximum Gasteiger partial charge on any atom is 0.221 e. The predicted octanol–water partition coefficient (Wildman–Crippen LogP) is 1.84.